The van der Waals surface area contributed by atoms with Gasteiger partial charge in [-0.1, -0.05) is 23.7 Å². The number of allylic oxidation sites excluding steroid dienone is 1. The zero-order valence-electron chi connectivity index (χ0n) is 20.3. The summed E-state index contributed by atoms with van der Waals surface area (Å²) in [6, 6.07) is 2.30. The Morgan fingerprint density at radius 2 is 1.62 bits per heavy atom. The van der Waals surface area contributed by atoms with E-state index in [0.717, 1.165) is 25.1 Å². The summed E-state index contributed by atoms with van der Waals surface area (Å²) in [5, 5.41) is 2.98. The van der Waals surface area contributed by atoms with E-state index in [2.05, 4.69) is 0 Å². The maximum Gasteiger partial charge on any atom is 0.417 e. The van der Waals surface area contributed by atoms with Gasteiger partial charge in [0.1, 0.15) is 30.1 Å². The van der Waals surface area contributed by atoms with Gasteiger partial charge in [-0.25, -0.2) is 4.39 Å². The lowest BCUT2D eigenvalue weighted by atomic mass is 9.95. The van der Waals surface area contributed by atoms with Crippen molar-refractivity contribution in [2.75, 3.05) is 13.7 Å². The quantitative estimate of drug-likeness (QED) is 0.323. The molecule has 0 aliphatic rings. The fraction of sp³-hybridized carbons (Fsp3) is 0.333. The Morgan fingerprint density at radius 1 is 1.00 bits per heavy atom. The summed E-state index contributed by atoms with van der Waals surface area (Å²) < 4.78 is 139. The van der Waals surface area contributed by atoms with Crippen molar-refractivity contribution in [1.29, 1.82) is 0 Å². The van der Waals surface area contributed by atoms with E-state index in [9.17, 15) is 53.5 Å². The fourth-order valence-corrected chi connectivity index (χ4v) is 3.57. The number of carbonyl (C=O) groups excluding carboxylic acids is 2. The highest BCUT2D eigenvalue weighted by atomic mass is 35.5. The van der Waals surface area contributed by atoms with E-state index in [-0.39, 0.29) is 22.9 Å². The van der Waals surface area contributed by atoms with E-state index >= 15 is 0 Å². The molecule has 5 nitrogen and oxygen atoms in total. The van der Waals surface area contributed by atoms with Gasteiger partial charge in [0.15, 0.2) is 0 Å². The van der Waals surface area contributed by atoms with Crippen LogP contribution in [0.5, 0.6) is 5.75 Å². The van der Waals surface area contributed by atoms with Crippen LogP contribution in [0.4, 0.5) is 43.9 Å². The number of carbonyl (C=O) groups is 2. The predicted molar refractivity (Wildman–Crippen MR) is 123 cm³/mol. The highest BCUT2D eigenvalue weighted by Crippen LogP contribution is 2.41. The summed E-state index contributed by atoms with van der Waals surface area (Å²) in [7, 11) is 1.20. The van der Waals surface area contributed by atoms with Crippen LogP contribution in [0.3, 0.4) is 0 Å². The van der Waals surface area contributed by atoms with Crippen LogP contribution in [0, 0.1) is 0 Å². The van der Waals surface area contributed by atoms with Crippen molar-refractivity contribution >= 4 is 29.2 Å². The number of hydrogen-bond donors (Lipinski definition) is 2. The maximum absolute atomic E-state index is 14.9. The van der Waals surface area contributed by atoms with Gasteiger partial charge in [0.05, 0.1) is 23.3 Å². The molecule has 2 aromatic rings. The third kappa shape index (κ3) is 8.76. The maximum atomic E-state index is 14.9. The van der Waals surface area contributed by atoms with Crippen LogP contribution in [-0.2, 0) is 11.0 Å². The first-order valence-corrected chi connectivity index (χ1v) is 11.3. The minimum Gasteiger partial charge on any atom is -0.495 e. The zero-order chi connectivity index (χ0) is 30.6. The number of alkyl halides is 9. The Balaban J connectivity index is 2.43. The molecular formula is C24H19ClF10N2O3. The average molecular weight is 609 g/mol. The number of ether oxygens (including phenoxy) is 1. The molecule has 2 atom stereocenters. The molecule has 0 saturated carbocycles. The molecule has 2 N–H and O–H groups in total. The number of benzene rings is 2. The van der Waals surface area contributed by atoms with Gasteiger partial charge in [0.2, 0.25) is 5.91 Å². The van der Waals surface area contributed by atoms with E-state index < -0.39 is 76.9 Å². The summed E-state index contributed by atoms with van der Waals surface area (Å²) in [4.78, 5) is 24.1. The normalized spacial score (nSPS) is 14.4. The molecule has 0 spiro atoms. The minimum absolute atomic E-state index is 0.0200. The van der Waals surface area contributed by atoms with Gasteiger partial charge in [0, 0.05) is 5.56 Å². The second-order valence-corrected chi connectivity index (χ2v) is 8.62. The van der Waals surface area contributed by atoms with E-state index in [1.807, 2.05) is 0 Å². The number of rotatable bonds is 8. The highest BCUT2D eigenvalue weighted by Gasteiger charge is 2.41. The Bertz CT molecular complexity index is 1270. The molecular weight excluding hydrogens is 590 g/mol. The number of amides is 2. The van der Waals surface area contributed by atoms with Crippen LogP contribution in [0.2, 0.25) is 5.02 Å². The predicted octanol–water partition coefficient (Wildman–Crippen LogP) is 6.82. The van der Waals surface area contributed by atoms with Crippen LogP contribution in [0.25, 0.3) is 5.83 Å². The van der Waals surface area contributed by atoms with Crippen molar-refractivity contribution in [2.45, 2.75) is 37.4 Å². The minimum atomic E-state index is -5.32. The Kier molecular flexibility index (Phi) is 10.1. The number of nitrogens with one attached hydrogen (secondary N) is 2. The summed E-state index contributed by atoms with van der Waals surface area (Å²) in [6.45, 7) is -0.863. The second-order valence-electron chi connectivity index (χ2n) is 8.21. The summed E-state index contributed by atoms with van der Waals surface area (Å²) in [5.74, 6) is -7.25. The molecule has 2 rings (SSSR count). The average Bonchev–Trinajstić information content (AvgIpc) is 2.83. The molecule has 0 fully saturated rings. The highest BCUT2D eigenvalue weighted by molar-refractivity contribution is 6.32. The fourth-order valence-electron chi connectivity index (χ4n) is 3.30. The molecule has 0 aliphatic heterocycles. The molecule has 0 aliphatic carbocycles. The van der Waals surface area contributed by atoms with Crippen LogP contribution in [0.1, 0.15) is 39.9 Å². The number of hydrogen-bond acceptors (Lipinski definition) is 3. The summed E-state index contributed by atoms with van der Waals surface area (Å²) >= 11 is 5.84. The van der Waals surface area contributed by atoms with Gasteiger partial charge in [-0.05, 0) is 42.8 Å². The zero-order valence-corrected chi connectivity index (χ0v) is 21.0. The van der Waals surface area contributed by atoms with Gasteiger partial charge in [-0.15, -0.1) is 0 Å². The van der Waals surface area contributed by atoms with Crippen molar-refractivity contribution in [3.05, 3.63) is 69.8 Å². The lowest BCUT2D eigenvalue weighted by molar-refractivity contribution is -0.140. The molecule has 1 unspecified atom stereocenters. The molecule has 0 heterocycles. The van der Waals surface area contributed by atoms with E-state index in [4.69, 9.17) is 16.3 Å². The molecule has 0 saturated heterocycles. The number of methoxy groups -OCH3 is 1. The van der Waals surface area contributed by atoms with Gasteiger partial charge >= 0.3 is 18.5 Å². The van der Waals surface area contributed by atoms with Gasteiger partial charge in [-0.3, -0.25) is 9.59 Å². The third-order valence-corrected chi connectivity index (χ3v) is 5.55. The van der Waals surface area contributed by atoms with E-state index in [0.29, 0.717) is 12.1 Å². The second kappa shape index (κ2) is 12.4. The molecule has 0 aromatic heterocycles. The van der Waals surface area contributed by atoms with Gasteiger partial charge in [-0.2, -0.15) is 39.5 Å². The van der Waals surface area contributed by atoms with E-state index in [1.54, 1.807) is 5.32 Å². The van der Waals surface area contributed by atoms with Crippen molar-refractivity contribution in [3.63, 3.8) is 0 Å². The molecule has 40 heavy (non-hydrogen) atoms. The third-order valence-electron chi connectivity index (χ3n) is 5.25. The van der Waals surface area contributed by atoms with Gasteiger partial charge < -0.3 is 15.4 Å². The van der Waals surface area contributed by atoms with Crippen molar-refractivity contribution in [1.82, 2.24) is 10.6 Å². The standard InChI is InChI=1S/C24H19ClF10N2O3/c1-11(20(38)36-10-22(27,28)29)37-21(39)14-5-3-13(7-16(14)24(33,34)35)18(26)9-15(23(30,31)32)12-4-6-19(40-2)17(25)8-12/h3-9,11,15H,10H2,1-2H3,(H,36,38)(H,37,39)/b18-9-/t11-,15?/m1/s1. The summed E-state index contributed by atoms with van der Waals surface area (Å²) in [5.41, 5.74) is -4.44. The Labute approximate surface area is 225 Å². The molecule has 0 radical (unpaired) electrons. The van der Waals surface area contributed by atoms with Crippen LogP contribution < -0.4 is 15.4 Å². The largest absolute Gasteiger partial charge is 0.495 e. The van der Waals surface area contributed by atoms with Crippen molar-refractivity contribution < 1.29 is 58.2 Å². The van der Waals surface area contributed by atoms with E-state index in [1.165, 1.54) is 12.4 Å². The molecule has 2 aromatic carbocycles. The lowest BCUT2D eigenvalue weighted by Crippen LogP contribution is -2.47. The van der Waals surface area contributed by atoms with Crippen molar-refractivity contribution in [3.8, 4) is 5.75 Å². The lowest BCUT2D eigenvalue weighted by Gasteiger charge is -2.19. The SMILES string of the molecule is COc1ccc(C(/C=C(\F)c2ccc(C(=O)N[C@H](C)C(=O)NCC(F)(F)F)c(C(F)(F)F)c2)C(F)(F)F)cc1Cl. The topological polar surface area (TPSA) is 67.4 Å². The molecule has 220 valence electrons. The Morgan fingerprint density at radius 3 is 2.12 bits per heavy atom. The van der Waals surface area contributed by atoms with Crippen LogP contribution in [0.15, 0.2) is 42.5 Å². The van der Waals surface area contributed by atoms with Crippen molar-refractivity contribution in [2.24, 2.45) is 0 Å². The summed E-state index contributed by atoms with van der Waals surface area (Å²) in [6.07, 6.45) is -15.2. The molecule has 0 bridgehead atoms. The Hall–Kier alpha value is -3.49. The van der Waals surface area contributed by atoms with Crippen LogP contribution >= 0.6 is 11.6 Å². The first-order valence-electron chi connectivity index (χ1n) is 10.9. The molecule has 2 amide bonds. The number of halogens is 11. The van der Waals surface area contributed by atoms with Crippen LogP contribution in [-0.4, -0.2) is 43.9 Å². The first kappa shape index (κ1) is 32.7. The smallest absolute Gasteiger partial charge is 0.417 e. The molecule has 16 heteroatoms. The first-order chi connectivity index (χ1) is 18.2. The van der Waals surface area contributed by atoms with Gasteiger partial charge in [0.25, 0.3) is 5.91 Å². The monoisotopic (exact) mass is 608 g/mol.